The SMILES string of the molecule is C=C/C=C/CCCCCCCC(O)C(C)N. The predicted octanol–water partition coefficient (Wildman–Crippen LogP) is 3.17. The van der Waals surface area contributed by atoms with Crippen LogP contribution >= 0.6 is 0 Å². The van der Waals surface area contributed by atoms with E-state index in [1.54, 1.807) is 0 Å². The van der Waals surface area contributed by atoms with Crippen LogP contribution in [0.4, 0.5) is 0 Å². The normalized spacial score (nSPS) is 15.2. The van der Waals surface area contributed by atoms with Crippen molar-refractivity contribution in [3.63, 3.8) is 0 Å². The van der Waals surface area contributed by atoms with Gasteiger partial charge in [-0.2, -0.15) is 0 Å². The van der Waals surface area contributed by atoms with Crippen molar-refractivity contribution in [2.24, 2.45) is 5.73 Å². The van der Waals surface area contributed by atoms with E-state index in [4.69, 9.17) is 5.73 Å². The molecule has 16 heavy (non-hydrogen) atoms. The first-order valence-corrected chi connectivity index (χ1v) is 6.39. The highest BCUT2D eigenvalue weighted by atomic mass is 16.3. The quantitative estimate of drug-likeness (QED) is 0.443. The second kappa shape index (κ2) is 10.9. The molecule has 0 aliphatic rings. The molecule has 0 spiro atoms. The van der Waals surface area contributed by atoms with E-state index in [1.165, 1.54) is 25.7 Å². The van der Waals surface area contributed by atoms with Crippen molar-refractivity contribution in [2.75, 3.05) is 0 Å². The summed E-state index contributed by atoms with van der Waals surface area (Å²) >= 11 is 0. The van der Waals surface area contributed by atoms with E-state index in [-0.39, 0.29) is 12.1 Å². The van der Waals surface area contributed by atoms with Crippen LogP contribution in [0.2, 0.25) is 0 Å². The molecule has 0 aliphatic heterocycles. The van der Waals surface area contributed by atoms with Crippen LogP contribution in [-0.2, 0) is 0 Å². The van der Waals surface area contributed by atoms with Crippen molar-refractivity contribution in [2.45, 2.75) is 64.0 Å². The minimum Gasteiger partial charge on any atom is -0.392 e. The van der Waals surface area contributed by atoms with Gasteiger partial charge in [0, 0.05) is 6.04 Å². The molecule has 2 unspecified atom stereocenters. The Hall–Kier alpha value is -0.600. The van der Waals surface area contributed by atoms with Gasteiger partial charge >= 0.3 is 0 Å². The monoisotopic (exact) mass is 225 g/mol. The fraction of sp³-hybridized carbons (Fsp3) is 0.714. The third-order valence-corrected chi connectivity index (χ3v) is 2.75. The Morgan fingerprint density at radius 3 is 2.44 bits per heavy atom. The van der Waals surface area contributed by atoms with E-state index in [0.29, 0.717) is 0 Å². The number of aliphatic hydroxyl groups excluding tert-OH is 1. The van der Waals surface area contributed by atoms with Gasteiger partial charge in [0.05, 0.1) is 6.10 Å². The summed E-state index contributed by atoms with van der Waals surface area (Å²) in [5.74, 6) is 0. The predicted molar refractivity (Wildman–Crippen MR) is 71.3 cm³/mol. The first kappa shape index (κ1) is 15.4. The van der Waals surface area contributed by atoms with Crippen LogP contribution < -0.4 is 5.73 Å². The van der Waals surface area contributed by atoms with Gasteiger partial charge in [-0.25, -0.2) is 0 Å². The maximum absolute atomic E-state index is 9.48. The number of allylic oxidation sites excluding steroid dienone is 3. The molecule has 3 N–H and O–H groups in total. The summed E-state index contributed by atoms with van der Waals surface area (Å²) in [6, 6.07) is -0.0935. The lowest BCUT2D eigenvalue weighted by atomic mass is 10.0. The molecule has 0 aliphatic carbocycles. The molecule has 0 radical (unpaired) electrons. The second-order valence-corrected chi connectivity index (χ2v) is 4.44. The molecule has 2 atom stereocenters. The first-order chi connectivity index (χ1) is 7.68. The van der Waals surface area contributed by atoms with Crippen molar-refractivity contribution in [1.82, 2.24) is 0 Å². The molecule has 0 aromatic carbocycles. The molecule has 0 fully saturated rings. The van der Waals surface area contributed by atoms with Crippen LogP contribution in [0.3, 0.4) is 0 Å². The fourth-order valence-corrected chi connectivity index (χ4v) is 1.60. The Morgan fingerprint density at radius 2 is 1.81 bits per heavy atom. The van der Waals surface area contributed by atoms with Gasteiger partial charge in [0.25, 0.3) is 0 Å². The number of rotatable bonds is 10. The van der Waals surface area contributed by atoms with Gasteiger partial charge in [0.2, 0.25) is 0 Å². The van der Waals surface area contributed by atoms with Gasteiger partial charge in [0.15, 0.2) is 0 Å². The van der Waals surface area contributed by atoms with Crippen molar-refractivity contribution in [1.29, 1.82) is 0 Å². The van der Waals surface area contributed by atoms with E-state index in [1.807, 2.05) is 19.1 Å². The third-order valence-electron chi connectivity index (χ3n) is 2.75. The van der Waals surface area contributed by atoms with Crippen molar-refractivity contribution >= 4 is 0 Å². The highest BCUT2D eigenvalue weighted by Gasteiger charge is 2.07. The number of hydrogen-bond acceptors (Lipinski definition) is 2. The topological polar surface area (TPSA) is 46.2 Å². The third kappa shape index (κ3) is 9.94. The Labute approximate surface area is 100 Å². The van der Waals surface area contributed by atoms with Gasteiger partial charge in [-0.3, -0.25) is 0 Å². The first-order valence-electron chi connectivity index (χ1n) is 6.39. The van der Waals surface area contributed by atoms with Crippen molar-refractivity contribution < 1.29 is 5.11 Å². The standard InChI is InChI=1S/C14H27NO/c1-3-4-5-6-7-8-9-10-11-12-14(16)13(2)15/h3-5,13-14,16H,1,6-12,15H2,2H3/b5-4+. The van der Waals surface area contributed by atoms with Crippen molar-refractivity contribution in [3.8, 4) is 0 Å². The molecule has 0 rings (SSSR count). The summed E-state index contributed by atoms with van der Waals surface area (Å²) in [6.07, 6.45) is 13.7. The number of hydrogen-bond donors (Lipinski definition) is 2. The average molecular weight is 225 g/mol. The van der Waals surface area contributed by atoms with E-state index in [9.17, 15) is 5.11 Å². The molecule has 0 aromatic rings. The molecule has 0 saturated carbocycles. The maximum Gasteiger partial charge on any atom is 0.0688 e. The molecule has 2 heteroatoms. The molecule has 0 bridgehead atoms. The van der Waals surface area contributed by atoms with E-state index >= 15 is 0 Å². The van der Waals surface area contributed by atoms with Gasteiger partial charge in [0.1, 0.15) is 0 Å². The fourth-order valence-electron chi connectivity index (χ4n) is 1.60. The molecule has 0 saturated heterocycles. The smallest absolute Gasteiger partial charge is 0.0688 e. The second-order valence-electron chi connectivity index (χ2n) is 4.44. The summed E-state index contributed by atoms with van der Waals surface area (Å²) in [7, 11) is 0. The highest BCUT2D eigenvalue weighted by molar-refractivity contribution is 4.96. The molecular weight excluding hydrogens is 198 g/mol. The Morgan fingerprint density at radius 1 is 1.19 bits per heavy atom. The minimum absolute atomic E-state index is 0.0935. The molecule has 0 amide bonds. The molecule has 0 heterocycles. The zero-order chi connectivity index (χ0) is 12.2. The number of unbranched alkanes of at least 4 members (excludes halogenated alkanes) is 5. The van der Waals surface area contributed by atoms with Gasteiger partial charge in [-0.05, 0) is 26.2 Å². The summed E-state index contributed by atoms with van der Waals surface area (Å²) in [5.41, 5.74) is 5.58. The minimum atomic E-state index is -0.324. The largest absolute Gasteiger partial charge is 0.392 e. The van der Waals surface area contributed by atoms with Crippen LogP contribution in [0.1, 0.15) is 51.9 Å². The lowest BCUT2D eigenvalue weighted by molar-refractivity contribution is 0.138. The zero-order valence-electron chi connectivity index (χ0n) is 10.6. The summed E-state index contributed by atoms with van der Waals surface area (Å²) < 4.78 is 0. The molecule has 0 aromatic heterocycles. The van der Waals surface area contributed by atoms with E-state index < -0.39 is 0 Å². The van der Waals surface area contributed by atoms with Crippen molar-refractivity contribution in [3.05, 3.63) is 24.8 Å². The Kier molecular flexibility index (Phi) is 10.5. The van der Waals surface area contributed by atoms with Crippen LogP contribution in [0.25, 0.3) is 0 Å². The highest BCUT2D eigenvalue weighted by Crippen LogP contribution is 2.10. The summed E-state index contributed by atoms with van der Waals surface area (Å²) in [4.78, 5) is 0. The summed E-state index contributed by atoms with van der Waals surface area (Å²) in [6.45, 7) is 5.49. The number of nitrogens with two attached hydrogens (primary N) is 1. The lowest BCUT2D eigenvalue weighted by Gasteiger charge is -2.13. The van der Waals surface area contributed by atoms with Gasteiger partial charge in [-0.15, -0.1) is 0 Å². The van der Waals surface area contributed by atoms with E-state index in [0.717, 1.165) is 19.3 Å². The van der Waals surface area contributed by atoms with Crippen LogP contribution in [0, 0.1) is 0 Å². The lowest BCUT2D eigenvalue weighted by Crippen LogP contribution is -2.31. The van der Waals surface area contributed by atoms with Crippen LogP contribution in [0.15, 0.2) is 24.8 Å². The van der Waals surface area contributed by atoms with Crippen LogP contribution in [0.5, 0.6) is 0 Å². The Balaban J connectivity index is 3.15. The van der Waals surface area contributed by atoms with Gasteiger partial charge in [-0.1, -0.05) is 50.5 Å². The maximum atomic E-state index is 9.48. The van der Waals surface area contributed by atoms with E-state index in [2.05, 4.69) is 12.7 Å². The Bertz CT molecular complexity index is 187. The molecular formula is C14H27NO. The van der Waals surface area contributed by atoms with Gasteiger partial charge < -0.3 is 10.8 Å². The zero-order valence-corrected chi connectivity index (χ0v) is 10.6. The molecule has 2 nitrogen and oxygen atoms in total. The van der Waals surface area contributed by atoms with Crippen LogP contribution in [-0.4, -0.2) is 17.3 Å². The number of aliphatic hydroxyl groups is 1. The molecule has 94 valence electrons. The average Bonchev–Trinajstić information content (AvgIpc) is 2.26. The summed E-state index contributed by atoms with van der Waals surface area (Å²) in [5, 5.41) is 9.48.